The molecule has 10 heteroatoms. The maximum absolute atomic E-state index is 14.3. The van der Waals surface area contributed by atoms with E-state index < -0.39 is 66.3 Å². The summed E-state index contributed by atoms with van der Waals surface area (Å²) in [5.41, 5.74) is -0.175. The number of hydrogen-bond acceptors (Lipinski definition) is 10. The van der Waals surface area contributed by atoms with Crippen molar-refractivity contribution in [3.63, 3.8) is 0 Å². The molecule has 3 aliphatic heterocycles. The molecule has 0 aliphatic carbocycles. The topological polar surface area (TPSA) is 116 Å². The van der Waals surface area contributed by atoms with Crippen LogP contribution in [0.4, 0.5) is 0 Å². The fourth-order valence-corrected chi connectivity index (χ4v) is 9.19. The van der Waals surface area contributed by atoms with E-state index in [2.05, 4.69) is 75.8 Å². The van der Waals surface area contributed by atoms with Crippen molar-refractivity contribution in [2.75, 3.05) is 0 Å². The molecule has 3 fully saturated rings. The molecule has 0 radical (unpaired) electrons. The minimum absolute atomic E-state index is 0.0272. The monoisotopic (exact) mass is 722 g/mol. The molecule has 3 aliphatic rings. The Bertz CT molecular complexity index is 1170. The van der Waals surface area contributed by atoms with Gasteiger partial charge in [0.15, 0.2) is 12.6 Å². The molecule has 3 saturated heterocycles. The van der Waals surface area contributed by atoms with E-state index in [1.54, 1.807) is 0 Å². The first-order chi connectivity index (χ1) is 23.7. The average molecular weight is 723 g/mol. The number of hydrogen-bond donors (Lipinski definition) is 0. The Kier molecular flexibility index (Phi) is 15.2. The Morgan fingerprint density at radius 3 is 1.98 bits per heavy atom. The van der Waals surface area contributed by atoms with Crippen LogP contribution in [0.15, 0.2) is 12.2 Å². The standard InChI is InChI=1S/C41H70O10/c1-16-32-26(6)35(46-21-43)27(7)34(45-20-42)23(3)18-41(14,15)37(51-39-25(5)22(2)17-24(4)47-39)28(8)36(29(9)38(44)49-32)50-33-19-40(12,13)30(10)31(11)48-33/h20-25,27-37,39H,6,16-19H2,1-5,7-15H3/t22-,23+,24+,25+,27-,28-,29+,30-,31-,32+,33?,34-,35-,36-,37+,39?/m0/s1. The highest BCUT2D eigenvalue weighted by molar-refractivity contribution is 5.73. The third-order valence-corrected chi connectivity index (χ3v) is 12.8. The van der Waals surface area contributed by atoms with Gasteiger partial charge in [0.25, 0.3) is 12.9 Å². The molecule has 0 aromatic heterocycles. The molecular formula is C41H70O10. The molecule has 0 N–H and O–H groups in total. The quantitative estimate of drug-likeness (QED) is 0.101. The van der Waals surface area contributed by atoms with Gasteiger partial charge in [0.2, 0.25) is 0 Å². The fraction of sp³-hybridized carbons (Fsp3) is 0.878. The van der Waals surface area contributed by atoms with Gasteiger partial charge in [-0.3, -0.25) is 14.4 Å². The summed E-state index contributed by atoms with van der Waals surface area (Å²) in [5.74, 6) is -1.36. The SMILES string of the molecule is C=C1[C@@H](CC)OC(=O)[C@H](C)[C@@H](OC2CC(C)(C)[C@@H](C)[C@H](C)O2)[C@H](C)[C@@H](OC2O[C@H](C)C[C@H](C)[C@H]2C)C(C)(C)C[C@@H](C)[C@H](OC=O)[C@H](C)[C@H]1OC=O. The van der Waals surface area contributed by atoms with Crippen molar-refractivity contribution in [3.8, 4) is 0 Å². The smallest absolute Gasteiger partial charge is 0.311 e. The van der Waals surface area contributed by atoms with Crippen molar-refractivity contribution in [3.05, 3.63) is 12.2 Å². The van der Waals surface area contributed by atoms with Crippen LogP contribution in [0.5, 0.6) is 0 Å². The van der Waals surface area contributed by atoms with Crippen LogP contribution in [0.25, 0.3) is 0 Å². The minimum atomic E-state index is -0.868. The van der Waals surface area contributed by atoms with E-state index in [0.717, 1.165) is 6.42 Å². The van der Waals surface area contributed by atoms with E-state index in [9.17, 15) is 14.4 Å². The Morgan fingerprint density at radius 1 is 0.784 bits per heavy atom. The number of carbonyl (C=O) groups is 3. The second-order valence-electron chi connectivity index (χ2n) is 17.7. The summed E-state index contributed by atoms with van der Waals surface area (Å²) >= 11 is 0. The zero-order valence-electron chi connectivity index (χ0n) is 34.0. The maximum atomic E-state index is 14.3. The van der Waals surface area contributed by atoms with Crippen LogP contribution in [0.2, 0.25) is 0 Å². The molecule has 294 valence electrons. The zero-order valence-corrected chi connectivity index (χ0v) is 34.0. The fourth-order valence-electron chi connectivity index (χ4n) is 9.19. The van der Waals surface area contributed by atoms with Crippen LogP contribution in [-0.4, -0.2) is 74.2 Å². The molecule has 0 amide bonds. The Balaban J connectivity index is 2.20. The summed E-state index contributed by atoms with van der Waals surface area (Å²) in [5, 5.41) is 0. The normalized spacial score (nSPS) is 44.0. The molecular weight excluding hydrogens is 652 g/mol. The van der Waals surface area contributed by atoms with E-state index in [-0.39, 0.29) is 35.4 Å². The number of ether oxygens (including phenoxy) is 7. The van der Waals surface area contributed by atoms with E-state index in [1.807, 2.05) is 27.7 Å². The van der Waals surface area contributed by atoms with Crippen LogP contribution in [0, 0.1) is 52.3 Å². The van der Waals surface area contributed by atoms with Crippen molar-refractivity contribution in [2.24, 2.45) is 52.3 Å². The summed E-state index contributed by atoms with van der Waals surface area (Å²) in [4.78, 5) is 38.0. The highest BCUT2D eigenvalue weighted by Crippen LogP contribution is 2.46. The molecule has 0 aromatic rings. The number of carbonyl (C=O) groups excluding carboxylic acids is 3. The second kappa shape index (κ2) is 17.9. The van der Waals surface area contributed by atoms with Crippen LogP contribution in [0.1, 0.15) is 123 Å². The average Bonchev–Trinajstić information content (AvgIpc) is 3.04. The van der Waals surface area contributed by atoms with Crippen LogP contribution >= 0.6 is 0 Å². The third kappa shape index (κ3) is 10.2. The van der Waals surface area contributed by atoms with Crippen molar-refractivity contribution in [1.29, 1.82) is 0 Å². The molecule has 2 unspecified atom stereocenters. The summed E-state index contributed by atoms with van der Waals surface area (Å²) in [6, 6.07) is 0. The van der Waals surface area contributed by atoms with Crippen molar-refractivity contribution >= 4 is 18.9 Å². The van der Waals surface area contributed by atoms with Crippen molar-refractivity contribution < 1.29 is 47.5 Å². The van der Waals surface area contributed by atoms with Crippen LogP contribution < -0.4 is 0 Å². The highest BCUT2D eigenvalue weighted by atomic mass is 16.7. The summed E-state index contributed by atoms with van der Waals surface area (Å²) in [6.45, 7) is 34.3. The molecule has 10 nitrogen and oxygen atoms in total. The van der Waals surface area contributed by atoms with Crippen molar-refractivity contribution in [1.82, 2.24) is 0 Å². The van der Waals surface area contributed by atoms with Gasteiger partial charge < -0.3 is 33.2 Å². The third-order valence-electron chi connectivity index (χ3n) is 12.8. The first-order valence-electron chi connectivity index (χ1n) is 19.4. The van der Waals surface area contributed by atoms with Gasteiger partial charge in [-0.2, -0.15) is 0 Å². The van der Waals surface area contributed by atoms with E-state index in [4.69, 9.17) is 33.2 Å². The summed E-state index contributed by atoms with van der Waals surface area (Å²) in [7, 11) is 0. The lowest BCUT2D eigenvalue weighted by molar-refractivity contribution is -0.293. The second-order valence-corrected chi connectivity index (χ2v) is 17.7. The molecule has 0 bridgehead atoms. The zero-order chi connectivity index (χ0) is 38.6. The van der Waals surface area contributed by atoms with E-state index in [0.29, 0.717) is 49.6 Å². The summed E-state index contributed by atoms with van der Waals surface area (Å²) < 4.78 is 44.7. The first kappa shape index (κ1) is 43.4. The molecule has 0 saturated carbocycles. The molecule has 0 spiro atoms. The lowest BCUT2D eigenvalue weighted by Gasteiger charge is -2.49. The van der Waals surface area contributed by atoms with Gasteiger partial charge >= 0.3 is 5.97 Å². The summed E-state index contributed by atoms with van der Waals surface area (Å²) in [6.07, 6.45) is -1.86. The van der Waals surface area contributed by atoms with Crippen molar-refractivity contribution in [2.45, 2.75) is 178 Å². The van der Waals surface area contributed by atoms with Gasteiger partial charge in [-0.15, -0.1) is 0 Å². The molecule has 3 heterocycles. The van der Waals surface area contributed by atoms with Gasteiger partial charge in [0.05, 0.1) is 30.3 Å². The van der Waals surface area contributed by atoms with Gasteiger partial charge in [0, 0.05) is 29.7 Å². The minimum Gasteiger partial charge on any atom is -0.464 e. The van der Waals surface area contributed by atoms with E-state index in [1.165, 1.54) is 0 Å². The molecule has 0 aromatic carbocycles. The van der Waals surface area contributed by atoms with Gasteiger partial charge in [-0.1, -0.05) is 82.7 Å². The number of cyclic esters (lactones) is 1. The molecule has 51 heavy (non-hydrogen) atoms. The highest BCUT2D eigenvalue weighted by Gasteiger charge is 2.50. The Labute approximate surface area is 308 Å². The molecule has 3 rings (SSSR count). The Hall–Kier alpha value is -2.01. The lowest BCUT2D eigenvalue weighted by atomic mass is 9.69. The Morgan fingerprint density at radius 2 is 1.41 bits per heavy atom. The van der Waals surface area contributed by atoms with Gasteiger partial charge in [-0.25, -0.2) is 0 Å². The van der Waals surface area contributed by atoms with Gasteiger partial charge in [-0.05, 0) is 68.6 Å². The largest absolute Gasteiger partial charge is 0.464 e. The number of rotatable bonds is 9. The van der Waals surface area contributed by atoms with Crippen LogP contribution in [-0.2, 0) is 47.5 Å². The molecule has 16 atom stereocenters. The first-order valence-corrected chi connectivity index (χ1v) is 19.4. The van der Waals surface area contributed by atoms with Crippen LogP contribution in [0.3, 0.4) is 0 Å². The lowest BCUT2D eigenvalue weighted by Crippen LogP contribution is -2.54. The van der Waals surface area contributed by atoms with E-state index >= 15 is 0 Å². The predicted molar refractivity (Wildman–Crippen MR) is 195 cm³/mol. The predicted octanol–water partition coefficient (Wildman–Crippen LogP) is 7.90. The number of esters is 1. The maximum Gasteiger partial charge on any atom is 0.311 e. The van der Waals surface area contributed by atoms with Gasteiger partial charge in [0.1, 0.15) is 18.3 Å².